The molecule has 0 bridgehead atoms. The molecule has 160 valence electrons. The topological polar surface area (TPSA) is 66.0 Å². The number of hydrogen-bond donors (Lipinski definition) is 2. The van der Waals surface area contributed by atoms with E-state index >= 15 is 0 Å². The molecule has 0 saturated carbocycles. The highest BCUT2D eigenvalue weighted by Crippen LogP contribution is 2.19. The lowest BCUT2D eigenvalue weighted by atomic mass is 9.99. The molecule has 3 rings (SSSR count). The molecule has 1 aliphatic heterocycles. The third-order valence-corrected chi connectivity index (χ3v) is 5.25. The fraction of sp³-hybridized carbons (Fsp3) is 0.417. The van der Waals surface area contributed by atoms with Gasteiger partial charge in [0, 0.05) is 33.1 Å². The molecular weight excluding hydrogens is 376 g/mol. The summed E-state index contributed by atoms with van der Waals surface area (Å²) >= 11 is 0. The zero-order valence-electron chi connectivity index (χ0n) is 18.0. The minimum Gasteiger partial charge on any atom is -0.492 e. The summed E-state index contributed by atoms with van der Waals surface area (Å²) in [6.07, 6.45) is 2.27. The number of fused-ring (bicyclic) bond motifs is 1. The van der Waals surface area contributed by atoms with Crippen LogP contribution in [0.25, 0.3) is 0 Å². The Morgan fingerprint density at radius 2 is 1.80 bits per heavy atom. The van der Waals surface area contributed by atoms with Crippen LogP contribution < -0.4 is 15.4 Å². The Morgan fingerprint density at radius 3 is 2.57 bits per heavy atom. The molecule has 6 heteroatoms. The predicted octanol–water partition coefficient (Wildman–Crippen LogP) is 2.90. The van der Waals surface area contributed by atoms with Crippen molar-refractivity contribution >= 4 is 11.9 Å². The molecule has 2 aromatic rings. The van der Waals surface area contributed by atoms with Crippen LogP contribution in [0.2, 0.25) is 0 Å². The van der Waals surface area contributed by atoms with Gasteiger partial charge in [0.15, 0.2) is 5.96 Å². The van der Waals surface area contributed by atoms with Crippen molar-refractivity contribution < 1.29 is 9.53 Å². The number of nitrogens with zero attached hydrogens (tertiary/aromatic N) is 2. The quantitative estimate of drug-likeness (QED) is 0.400. The third kappa shape index (κ3) is 6.51. The lowest BCUT2D eigenvalue weighted by molar-refractivity contribution is -0.132. The number of benzene rings is 2. The van der Waals surface area contributed by atoms with E-state index in [0.29, 0.717) is 26.1 Å². The fourth-order valence-electron chi connectivity index (χ4n) is 3.51. The van der Waals surface area contributed by atoms with Gasteiger partial charge in [-0.3, -0.25) is 9.79 Å². The van der Waals surface area contributed by atoms with Crippen molar-refractivity contribution in [3.63, 3.8) is 0 Å². The number of guanidine groups is 1. The standard InChI is InChI=1S/C24H32N4O2/c1-19-9-11-22(12-10-19)30-17-15-27-24(25-2)26-14-5-8-23(29)28-16-13-20-6-3-4-7-21(20)18-28/h3-4,6-7,9-12H,5,8,13-18H2,1-2H3,(H2,25,26,27). The van der Waals surface area contributed by atoms with E-state index in [1.807, 2.05) is 35.2 Å². The molecule has 0 aromatic heterocycles. The smallest absolute Gasteiger partial charge is 0.222 e. The van der Waals surface area contributed by atoms with Gasteiger partial charge in [-0.15, -0.1) is 0 Å². The number of carbonyl (C=O) groups is 1. The Labute approximate surface area is 179 Å². The molecule has 1 heterocycles. The molecule has 30 heavy (non-hydrogen) atoms. The van der Waals surface area contributed by atoms with E-state index in [-0.39, 0.29) is 5.91 Å². The summed E-state index contributed by atoms with van der Waals surface area (Å²) in [5, 5.41) is 6.49. The molecule has 1 aliphatic rings. The summed E-state index contributed by atoms with van der Waals surface area (Å²) in [6.45, 7) is 5.51. The zero-order valence-corrected chi connectivity index (χ0v) is 18.0. The van der Waals surface area contributed by atoms with Gasteiger partial charge in [0.1, 0.15) is 12.4 Å². The van der Waals surface area contributed by atoms with E-state index in [0.717, 1.165) is 37.6 Å². The number of carbonyl (C=O) groups excluding carboxylic acids is 1. The number of rotatable bonds is 8. The van der Waals surface area contributed by atoms with Gasteiger partial charge in [0.25, 0.3) is 0 Å². The van der Waals surface area contributed by atoms with Crippen LogP contribution in [0.15, 0.2) is 53.5 Å². The van der Waals surface area contributed by atoms with Crippen molar-refractivity contribution in [2.75, 3.05) is 33.3 Å². The molecular formula is C24H32N4O2. The normalized spacial score (nSPS) is 13.5. The van der Waals surface area contributed by atoms with Crippen molar-refractivity contribution in [2.45, 2.75) is 32.7 Å². The first kappa shape index (κ1) is 21.7. The average Bonchev–Trinajstić information content (AvgIpc) is 2.78. The first-order chi connectivity index (χ1) is 14.7. The first-order valence-corrected chi connectivity index (χ1v) is 10.6. The molecule has 0 saturated heterocycles. The second kappa shape index (κ2) is 11.2. The highest BCUT2D eigenvalue weighted by atomic mass is 16.5. The van der Waals surface area contributed by atoms with Gasteiger partial charge in [-0.1, -0.05) is 42.0 Å². The number of aryl methyl sites for hydroxylation is 1. The Hall–Kier alpha value is -3.02. The highest BCUT2D eigenvalue weighted by Gasteiger charge is 2.19. The van der Waals surface area contributed by atoms with Crippen LogP contribution in [0.3, 0.4) is 0 Å². The summed E-state index contributed by atoms with van der Waals surface area (Å²) < 4.78 is 5.71. The lowest BCUT2D eigenvalue weighted by Crippen LogP contribution is -2.40. The van der Waals surface area contributed by atoms with Crippen molar-refractivity contribution in [3.05, 3.63) is 65.2 Å². The summed E-state index contributed by atoms with van der Waals surface area (Å²) in [5.41, 5.74) is 3.85. The first-order valence-electron chi connectivity index (χ1n) is 10.6. The fourth-order valence-corrected chi connectivity index (χ4v) is 3.51. The van der Waals surface area contributed by atoms with Crippen LogP contribution >= 0.6 is 0 Å². The lowest BCUT2D eigenvalue weighted by Gasteiger charge is -2.29. The van der Waals surface area contributed by atoms with Crippen molar-refractivity contribution in [1.82, 2.24) is 15.5 Å². The summed E-state index contributed by atoms with van der Waals surface area (Å²) in [7, 11) is 1.74. The van der Waals surface area contributed by atoms with Crippen molar-refractivity contribution in [3.8, 4) is 5.75 Å². The van der Waals surface area contributed by atoms with Gasteiger partial charge >= 0.3 is 0 Å². The summed E-state index contributed by atoms with van der Waals surface area (Å²) in [6, 6.07) is 16.4. The minimum absolute atomic E-state index is 0.223. The average molecular weight is 409 g/mol. The molecule has 0 unspecified atom stereocenters. The predicted molar refractivity (Wildman–Crippen MR) is 121 cm³/mol. The van der Waals surface area contributed by atoms with Gasteiger partial charge in [0.05, 0.1) is 6.54 Å². The van der Waals surface area contributed by atoms with E-state index in [2.05, 4.69) is 40.7 Å². The van der Waals surface area contributed by atoms with Crippen LogP contribution in [-0.2, 0) is 17.8 Å². The maximum atomic E-state index is 12.5. The Morgan fingerprint density at radius 1 is 1.07 bits per heavy atom. The van der Waals surface area contributed by atoms with Crippen LogP contribution in [0.4, 0.5) is 0 Å². The molecule has 0 atom stereocenters. The zero-order chi connectivity index (χ0) is 21.2. The largest absolute Gasteiger partial charge is 0.492 e. The van der Waals surface area contributed by atoms with Gasteiger partial charge in [-0.25, -0.2) is 0 Å². The number of ether oxygens (including phenoxy) is 1. The van der Waals surface area contributed by atoms with Crippen LogP contribution in [0.5, 0.6) is 5.75 Å². The highest BCUT2D eigenvalue weighted by molar-refractivity contribution is 5.80. The monoisotopic (exact) mass is 408 g/mol. The SMILES string of the molecule is CN=C(NCCCC(=O)N1CCc2ccccc2C1)NCCOc1ccc(C)cc1. The van der Waals surface area contributed by atoms with E-state index < -0.39 is 0 Å². The Balaban J connectivity index is 1.29. The van der Waals surface area contributed by atoms with Crippen molar-refractivity contribution in [1.29, 1.82) is 0 Å². The van der Waals surface area contributed by atoms with Crippen molar-refractivity contribution in [2.24, 2.45) is 4.99 Å². The molecule has 2 aromatic carbocycles. The van der Waals surface area contributed by atoms with E-state index in [1.165, 1.54) is 16.7 Å². The Kier molecular flexibility index (Phi) is 8.12. The number of amides is 1. The molecule has 0 fully saturated rings. The second-order valence-corrected chi connectivity index (χ2v) is 7.52. The molecule has 1 amide bonds. The Bertz CT molecular complexity index is 849. The number of nitrogens with one attached hydrogen (secondary N) is 2. The van der Waals surface area contributed by atoms with Gasteiger partial charge < -0.3 is 20.3 Å². The van der Waals surface area contributed by atoms with E-state index in [9.17, 15) is 4.79 Å². The molecule has 0 spiro atoms. The van der Waals surface area contributed by atoms with Crippen LogP contribution in [0, 0.1) is 6.92 Å². The molecule has 0 radical (unpaired) electrons. The third-order valence-electron chi connectivity index (χ3n) is 5.25. The maximum Gasteiger partial charge on any atom is 0.222 e. The van der Waals surface area contributed by atoms with Crippen LogP contribution in [-0.4, -0.2) is 50.1 Å². The van der Waals surface area contributed by atoms with Gasteiger partial charge in [-0.2, -0.15) is 0 Å². The van der Waals surface area contributed by atoms with Gasteiger partial charge in [-0.05, 0) is 43.0 Å². The number of hydrogen-bond acceptors (Lipinski definition) is 3. The van der Waals surface area contributed by atoms with E-state index in [1.54, 1.807) is 7.05 Å². The maximum absolute atomic E-state index is 12.5. The van der Waals surface area contributed by atoms with E-state index in [4.69, 9.17) is 4.74 Å². The summed E-state index contributed by atoms with van der Waals surface area (Å²) in [5.74, 6) is 1.81. The molecule has 6 nitrogen and oxygen atoms in total. The molecule has 2 N–H and O–H groups in total. The number of aliphatic imine (C=N–C) groups is 1. The molecule has 0 aliphatic carbocycles. The minimum atomic E-state index is 0.223. The van der Waals surface area contributed by atoms with Gasteiger partial charge in [0.2, 0.25) is 5.91 Å². The summed E-state index contributed by atoms with van der Waals surface area (Å²) in [4.78, 5) is 18.7. The van der Waals surface area contributed by atoms with Crippen LogP contribution in [0.1, 0.15) is 29.5 Å². The second-order valence-electron chi connectivity index (χ2n) is 7.52.